The summed E-state index contributed by atoms with van der Waals surface area (Å²) in [5.41, 5.74) is 2.10. The Morgan fingerprint density at radius 2 is 1.33 bits per heavy atom. The molecule has 0 aliphatic heterocycles. The molecular formula is C27H28N2O4. The molecule has 0 aliphatic rings. The number of benzene rings is 3. The summed E-state index contributed by atoms with van der Waals surface area (Å²) in [6, 6.07) is 26.9. The first kappa shape index (κ1) is 23.9. The number of nitrogens with zero attached hydrogens (tertiary/aromatic N) is 2. The van der Waals surface area contributed by atoms with E-state index in [-0.39, 0.29) is 0 Å². The van der Waals surface area contributed by atoms with Crippen LogP contribution in [-0.2, 0) is 9.53 Å². The Morgan fingerprint density at radius 1 is 0.879 bits per heavy atom. The Hall–Kier alpha value is -3.80. The quantitative estimate of drug-likeness (QED) is 0.204. The summed E-state index contributed by atoms with van der Waals surface area (Å²) in [4.78, 5) is 29.5. The fourth-order valence-electron chi connectivity index (χ4n) is 3.56. The lowest BCUT2D eigenvalue weighted by Gasteiger charge is -2.26. The topological polar surface area (TPSA) is 81.8 Å². The highest BCUT2D eigenvalue weighted by atomic mass is 16.6. The molecule has 0 amide bonds. The zero-order chi connectivity index (χ0) is 23.8. The van der Waals surface area contributed by atoms with E-state index >= 15 is 0 Å². The Kier molecular flexibility index (Phi) is 7.72. The van der Waals surface area contributed by atoms with Gasteiger partial charge in [-0.05, 0) is 26.3 Å². The molecule has 6 heteroatoms. The highest BCUT2D eigenvalue weighted by Crippen LogP contribution is 2.27. The van der Waals surface area contributed by atoms with Gasteiger partial charge in [0.25, 0.3) is 0 Å². The monoisotopic (exact) mass is 444 g/mol. The number of nitro groups is 1. The van der Waals surface area contributed by atoms with Crippen LogP contribution in [0.2, 0.25) is 0 Å². The van der Waals surface area contributed by atoms with E-state index in [0.29, 0.717) is 11.3 Å². The van der Waals surface area contributed by atoms with Crippen molar-refractivity contribution in [2.24, 2.45) is 4.99 Å². The number of rotatable bonds is 8. The number of ether oxygens (including phenoxy) is 1. The minimum absolute atomic E-state index is 0.407. The maximum Gasteiger partial charge on any atom is 0.332 e. The minimum atomic E-state index is -1.10. The maximum atomic E-state index is 13.4. The van der Waals surface area contributed by atoms with E-state index in [1.807, 2.05) is 66.7 Å². The second-order valence-corrected chi connectivity index (χ2v) is 8.72. The van der Waals surface area contributed by atoms with Crippen molar-refractivity contribution in [1.29, 1.82) is 0 Å². The van der Waals surface area contributed by atoms with Crippen LogP contribution in [-0.4, -0.2) is 34.8 Å². The van der Waals surface area contributed by atoms with E-state index in [9.17, 15) is 14.9 Å². The Bertz CT molecular complexity index is 1050. The normalized spacial score (nSPS) is 12.9. The van der Waals surface area contributed by atoms with Crippen LogP contribution >= 0.6 is 0 Å². The van der Waals surface area contributed by atoms with E-state index in [1.54, 1.807) is 45.0 Å². The van der Waals surface area contributed by atoms with Crippen LogP contribution in [0.3, 0.4) is 0 Å². The first-order valence-electron chi connectivity index (χ1n) is 10.8. The third-order valence-electron chi connectivity index (χ3n) is 4.97. The molecule has 170 valence electrons. The van der Waals surface area contributed by atoms with Gasteiger partial charge in [-0.3, -0.25) is 15.1 Å². The molecule has 0 aromatic heterocycles. The smallest absolute Gasteiger partial charge is 0.332 e. The molecule has 0 bridgehead atoms. The number of aliphatic imine (C=N–C) groups is 1. The number of hydrogen-bond acceptors (Lipinski definition) is 5. The zero-order valence-corrected chi connectivity index (χ0v) is 19.0. The van der Waals surface area contributed by atoms with E-state index in [1.165, 1.54) is 0 Å². The summed E-state index contributed by atoms with van der Waals surface area (Å²) in [7, 11) is 0. The summed E-state index contributed by atoms with van der Waals surface area (Å²) in [6.45, 7) is 4.86. The van der Waals surface area contributed by atoms with Gasteiger partial charge in [-0.1, -0.05) is 91.0 Å². The summed E-state index contributed by atoms with van der Waals surface area (Å²) in [6.07, 6.45) is 0. The van der Waals surface area contributed by atoms with Crippen LogP contribution in [0.1, 0.15) is 43.4 Å². The first-order chi connectivity index (χ1) is 15.7. The lowest BCUT2D eigenvalue weighted by atomic mass is 9.90. The molecule has 2 atom stereocenters. The molecule has 3 aromatic carbocycles. The van der Waals surface area contributed by atoms with Gasteiger partial charge in [0.05, 0.1) is 11.6 Å². The summed E-state index contributed by atoms with van der Waals surface area (Å²) >= 11 is 0. The highest BCUT2D eigenvalue weighted by molar-refractivity contribution is 6.13. The molecule has 0 unspecified atom stereocenters. The summed E-state index contributed by atoms with van der Waals surface area (Å²) in [5.74, 6) is -1.39. The Balaban J connectivity index is 2.20. The van der Waals surface area contributed by atoms with Crippen molar-refractivity contribution in [1.82, 2.24) is 0 Å². The van der Waals surface area contributed by atoms with Gasteiger partial charge in [0.1, 0.15) is 5.60 Å². The molecule has 0 spiro atoms. The van der Waals surface area contributed by atoms with Crippen LogP contribution in [0.15, 0.2) is 96.0 Å². The minimum Gasteiger partial charge on any atom is -0.458 e. The largest absolute Gasteiger partial charge is 0.458 e. The Labute approximate surface area is 194 Å². The third-order valence-corrected chi connectivity index (χ3v) is 4.97. The van der Waals surface area contributed by atoms with Crippen molar-refractivity contribution in [2.45, 2.75) is 38.3 Å². The molecule has 6 nitrogen and oxygen atoms in total. The van der Waals surface area contributed by atoms with E-state index in [4.69, 9.17) is 9.73 Å². The fourth-order valence-corrected chi connectivity index (χ4v) is 3.56. The molecule has 0 heterocycles. The lowest BCUT2D eigenvalue weighted by Crippen LogP contribution is -2.37. The van der Waals surface area contributed by atoms with Gasteiger partial charge in [-0.2, -0.15) is 0 Å². The second-order valence-electron chi connectivity index (χ2n) is 8.72. The van der Waals surface area contributed by atoms with Gasteiger partial charge in [-0.15, -0.1) is 0 Å². The zero-order valence-electron chi connectivity index (χ0n) is 19.0. The molecule has 3 rings (SSSR count). The van der Waals surface area contributed by atoms with Crippen molar-refractivity contribution >= 4 is 11.7 Å². The predicted molar refractivity (Wildman–Crippen MR) is 129 cm³/mol. The van der Waals surface area contributed by atoms with Crippen molar-refractivity contribution in [2.75, 3.05) is 6.54 Å². The van der Waals surface area contributed by atoms with Crippen LogP contribution in [0, 0.1) is 10.1 Å². The van der Waals surface area contributed by atoms with Crippen molar-refractivity contribution in [3.8, 4) is 0 Å². The molecule has 0 saturated carbocycles. The van der Waals surface area contributed by atoms with E-state index < -0.39 is 35.0 Å². The SMILES string of the molecule is CC(C)(C)OC(=O)[C@H](N=C(c1ccccc1)c1ccccc1)[C@@H](C[N+](=O)[O-])c1ccccc1. The molecule has 3 aromatic rings. The van der Waals surface area contributed by atoms with Gasteiger partial charge < -0.3 is 4.74 Å². The van der Waals surface area contributed by atoms with Gasteiger partial charge in [0, 0.05) is 16.1 Å². The molecule has 33 heavy (non-hydrogen) atoms. The molecule has 0 fully saturated rings. The fraction of sp³-hybridized carbons (Fsp3) is 0.259. The predicted octanol–water partition coefficient (Wildman–Crippen LogP) is 5.29. The van der Waals surface area contributed by atoms with Gasteiger partial charge in [-0.25, -0.2) is 4.79 Å². The molecular weight excluding hydrogens is 416 g/mol. The standard InChI is InChI=1S/C27H28N2O4/c1-27(2,3)33-26(30)25(23(19-29(31)32)20-13-7-4-8-14-20)28-24(21-15-9-5-10-16-21)22-17-11-6-12-18-22/h4-18,23,25H,19H2,1-3H3/t23-,25+/m0/s1. The Morgan fingerprint density at radius 3 is 1.76 bits per heavy atom. The van der Waals surface area contributed by atoms with Crippen LogP contribution in [0.25, 0.3) is 0 Å². The first-order valence-corrected chi connectivity index (χ1v) is 10.8. The van der Waals surface area contributed by atoms with Crippen molar-refractivity contribution in [3.05, 3.63) is 118 Å². The molecule has 0 saturated heterocycles. The average Bonchev–Trinajstić information content (AvgIpc) is 2.79. The van der Waals surface area contributed by atoms with Crippen molar-refractivity contribution in [3.63, 3.8) is 0 Å². The van der Waals surface area contributed by atoms with Crippen LogP contribution in [0.5, 0.6) is 0 Å². The van der Waals surface area contributed by atoms with Gasteiger partial charge in [0.2, 0.25) is 6.54 Å². The van der Waals surface area contributed by atoms with E-state index in [2.05, 4.69) is 0 Å². The lowest BCUT2D eigenvalue weighted by molar-refractivity contribution is -0.483. The van der Waals surface area contributed by atoms with Crippen LogP contribution < -0.4 is 0 Å². The summed E-state index contributed by atoms with van der Waals surface area (Å²) in [5, 5.41) is 11.6. The third kappa shape index (κ3) is 6.84. The average molecular weight is 445 g/mol. The number of esters is 1. The van der Waals surface area contributed by atoms with Crippen LogP contribution in [0.4, 0.5) is 0 Å². The number of carbonyl (C=O) groups is 1. The van der Waals surface area contributed by atoms with Crippen molar-refractivity contribution < 1.29 is 14.5 Å². The van der Waals surface area contributed by atoms with Gasteiger partial charge >= 0.3 is 5.97 Å². The number of carbonyl (C=O) groups excluding carboxylic acids is 1. The molecule has 0 aliphatic carbocycles. The summed E-state index contributed by atoms with van der Waals surface area (Å²) < 4.78 is 5.69. The molecule has 0 radical (unpaired) electrons. The van der Waals surface area contributed by atoms with Gasteiger partial charge in [0.15, 0.2) is 6.04 Å². The molecule has 0 N–H and O–H groups in total. The number of hydrogen-bond donors (Lipinski definition) is 0. The highest BCUT2D eigenvalue weighted by Gasteiger charge is 2.37. The second kappa shape index (κ2) is 10.7. The van der Waals surface area contributed by atoms with E-state index in [0.717, 1.165) is 11.1 Å². The maximum absolute atomic E-state index is 13.4.